The molecule has 1 aliphatic carbocycles. The highest BCUT2D eigenvalue weighted by molar-refractivity contribution is 5.16. The predicted molar refractivity (Wildman–Crippen MR) is 58.4 cm³/mol. The van der Waals surface area contributed by atoms with Gasteiger partial charge in [-0.25, -0.2) is 0 Å². The van der Waals surface area contributed by atoms with Crippen molar-refractivity contribution in [2.45, 2.75) is 32.0 Å². The average Bonchev–Trinajstić information content (AvgIpc) is 2.97. The molecule has 2 rings (SSSR count). The van der Waals surface area contributed by atoms with E-state index in [4.69, 9.17) is 9.15 Å². The van der Waals surface area contributed by atoms with Crippen LogP contribution in [0.15, 0.2) is 29.4 Å². The van der Waals surface area contributed by atoms with Crippen molar-refractivity contribution in [3.63, 3.8) is 0 Å². The SMILES string of the molecule is C=CCOCc1ccoc1CNC1CC1. The zero-order valence-corrected chi connectivity index (χ0v) is 8.87. The van der Waals surface area contributed by atoms with Crippen LogP contribution >= 0.6 is 0 Å². The number of ether oxygens (including phenoxy) is 1. The normalized spacial score (nSPS) is 15.5. The van der Waals surface area contributed by atoms with Gasteiger partial charge < -0.3 is 14.5 Å². The maximum absolute atomic E-state index is 5.41. The lowest BCUT2D eigenvalue weighted by Crippen LogP contribution is -2.15. The third-order valence-corrected chi connectivity index (χ3v) is 2.46. The molecular weight excluding hydrogens is 190 g/mol. The summed E-state index contributed by atoms with van der Waals surface area (Å²) in [6.07, 6.45) is 6.06. The van der Waals surface area contributed by atoms with Crippen LogP contribution < -0.4 is 5.32 Å². The van der Waals surface area contributed by atoms with E-state index in [1.54, 1.807) is 12.3 Å². The van der Waals surface area contributed by atoms with Crippen LogP contribution in [-0.4, -0.2) is 12.6 Å². The van der Waals surface area contributed by atoms with Crippen LogP contribution in [0.2, 0.25) is 0 Å². The van der Waals surface area contributed by atoms with Crippen LogP contribution in [-0.2, 0) is 17.9 Å². The first-order chi connectivity index (χ1) is 7.40. The van der Waals surface area contributed by atoms with Crippen molar-refractivity contribution < 1.29 is 9.15 Å². The van der Waals surface area contributed by atoms with E-state index in [2.05, 4.69) is 11.9 Å². The Bertz CT molecular complexity index is 315. The Morgan fingerprint density at radius 2 is 2.47 bits per heavy atom. The molecule has 0 saturated heterocycles. The molecule has 0 unspecified atom stereocenters. The second kappa shape index (κ2) is 5.14. The summed E-state index contributed by atoms with van der Waals surface area (Å²) in [6.45, 7) is 5.60. The minimum absolute atomic E-state index is 0.584. The van der Waals surface area contributed by atoms with Gasteiger partial charge in [-0.15, -0.1) is 6.58 Å². The van der Waals surface area contributed by atoms with Crippen molar-refractivity contribution in [3.05, 3.63) is 36.3 Å². The third-order valence-electron chi connectivity index (χ3n) is 2.46. The minimum Gasteiger partial charge on any atom is -0.468 e. The number of hydrogen-bond acceptors (Lipinski definition) is 3. The van der Waals surface area contributed by atoms with Crippen LogP contribution in [0.3, 0.4) is 0 Å². The topological polar surface area (TPSA) is 34.4 Å². The van der Waals surface area contributed by atoms with E-state index >= 15 is 0 Å². The van der Waals surface area contributed by atoms with Crippen LogP contribution in [0.25, 0.3) is 0 Å². The summed E-state index contributed by atoms with van der Waals surface area (Å²) >= 11 is 0. The number of nitrogens with one attached hydrogen (secondary N) is 1. The number of hydrogen-bond donors (Lipinski definition) is 1. The Balaban J connectivity index is 1.80. The van der Waals surface area contributed by atoms with Gasteiger partial charge in [-0.2, -0.15) is 0 Å². The van der Waals surface area contributed by atoms with E-state index in [0.717, 1.165) is 17.9 Å². The summed E-state index contributed by atoms with van der Waals surface area (Å²) < 4.78 is 10.8. The number of furan rings is 1. The van der Waals surface area contributed by atoms with E-state index < -0.39 is 0 Å². The zero-order chi connectivity index (χ0) is 10.5. The first-order valence-corrected chi connectivity index (χ1v) is 5.37. The molecule has 0 spiro atoms. The third kappa shape index (κ3) is 3.22. The minimum atomic E-state index is 0.584. The summed E-state index contributed by atoms with van der Waals surface area (Å²) in [6, 6.07) is 2.67. The van der Waals surface area contributed by atoms with Gasteiger partial charge in [0.15, 0.2) is 0 Å². The second-order valence-corrected chi connectivity index (χ2v) is 3.83. The summed E-state index contributed by atoms with van der Waals surface area (Å²) in [5.41, 5.74) is 1.13. The lowest BCUT2D eigenvalue weighted by atomic mass is 10.2. The molecule has 0 atom stereocenters. The fourth-order valence-electron chi connectivity index (χ4n) is 1.43. The summed E-state index contributed by atoms with van der Waals surface area (Å²) in [4.78, 5) is 0. The first kappa shape index (κ1) is 10.5. The highest BCUT2D eigenvalue weighted by Gasteiger charge is 2.21. The average molecular weight is 207 g/mol. The summed E-state index contributed by atoms with van der Waals surface area (Å²) in [5, 5.41) is 3.42. The molecule has 1 saturated carbocycles. The lowest BCUT2D eigenvalue weighted by Gasteiger charge is -2.03. The molecular formula is C12H17NO2. The molecule has 0 radical (unpaired) electrons. The maximum atomic E-state index is 5.41. The maximum Gasteiger partial charge on any atom is 0.123 e. The van der Waals surface area contributed by atoms with Gasteiger partial charge >= 0.3 is 0 Å². The second-order valence-electron chi connectivity index (χ2n) is 3.83. The fourth-order valence-corrected chi connectivity index (χ4v) is 1.43. The van der Waals surface area contributed by atoms with E-state index in [0.29, 0.717) is 19.3 Å². The molecule has 0 aromatic carbocycles. The van der Waals surface area contributed by atoms with Crippen molar-refractivity contribution in [1.82, 2.24) is 5.32 Å². The van der Waals surface area contributed by atoms with Gasteiger partial charge in [0.1, 0.15) is 5.76 Å². The molecule has 1 fully saturated rings. The molecule has 1 aromatic heterocycles. The molecule has 3 heteroatoms. The largest absolute Gasteiger partial charge is 0.468 e. The van der Waals surface area contributed by atoms with Gasteiger partial charge in [-0.05, 0) is 18.9 Å². The number of rotatable bonds is 7. The smallest absolute Gasteiger partial charge is 0.123 e. The van der Waals surface area contributed by atoms with Gasteiger partial charge in [0.2, 0.25) is 0 Å². The Morgan fingerprint density at radius 3 is 3.20 bits per heavy atom. The van der Waals surface area contributed by atoms with Crippen LogP contribution in [0.4, 0.5) is 0 Å². The van der Waals surface area contributed by atoms with Gasteiger partial charge in [0, 0.05) is 11.6 Å². The van der Waals surface area contributed by atoms with Crippen LogP contribution in [0.1, 0.15) is 24.2 Å². The molecule has 82 valence electrons. The van der Waals surface area contributed by atoms with E-state index in [-0.39, 0.29) is 0 Å². The van der Waals surface area contributed by atoms with Crippen LogP contribution in [0.5, 0.6) is 0 Å². The first-order valence-electron chi connectivity index (χ1n) is 5.37. The highest BCUT2D eigenvalue weighted by atomic mass is 16.5. The zero-order valence-electron chi connectivity index (χ0n) is 8.87. The molecule has 0 aliphatic heterocycles. The molecule has 3 nitrogen and oxygen atoms in total. The van der Waals surface area contributed by atoms with Gasteiger partial charge in [-0.1, -0.05) is 6.08 Å². The molecule has 1 heterocycles. The Hall–Kier alpha value is -1.06. The van der Waals surface area contributed by atoms with Gasteiger partial charge in [-0.3, -0.25) is 0 Å². The quantitative estimate of drug-likeness (QED) is 0.550. The van der Waals surface area contributed by atoms with Gasteiger partial charge in [0.05, 0.1) is 26.0 Å². The molecule has 0 bridgehead atoms. The van der Waals surface area contributed by atoms with Crippen molar-refractivity contribution in [2.75, 3.05) is 6.61 Å². The molecule has 0 amide bonds. The van der Waals surface area contributed by atoms with Crippen LogP contribution in [0, 0.1) is 0 Å². The highest BCUT2D eigenvalue weighted by Crippen LogP contribution is 2.20. The van der Waals surface area contributed by atoms with Crippen molar-refractivity contribution >= 4 is 0 Å². The van der Waals surface area contributed by atoms with Crippen molar-refractivity contribution in [3.8, 4) is 0 Å². The van der Waals surface area contributed by atoms with E-state index in [1.165, 1.54) is 12.8 Å². The monoisotopic (exact) mass is 207 g/mol. The van der Waals surface area contributed by atoms with Crippen molar-refractivity contribution in [2.24, 2.45) is 0 Å². The molecule has 1 aromatic rings. The summed E-state index contributed by atoms with van der Waals surface area (Å²) in [5.74, 6) is 0.992. The standard InChI is InChI=1S/C12H17NO2/c1-2-6-14-9-10-5-7-15-12(10)8-13-11-3-4-11/h2,5,7,11,13H,1,3-4,6,8-9H2. The Morgan fingerprint density at radius 1 is 1.60 bits per heavy atom. The predicted octanol–water partition coefficient (Wildman–Crippen LogP) is 2.23. The fraction of sp³-hybridized carbons (Fsp3) is 0.500. The van der Waals surface area contributed by atoms with E-state index in [9.17, 15) is 0 Å². The van der Waals surface area contributed by atoms with Crippen molar-refractivity contribution in [1.29, 1.82) is 0 Å². The molecule has 1 aliphatic rings. The molecule has 1 N–H and O–H groups in total. The Kier molecular flexibility index (Phi) is 3.59. The molecule has 15 heavy (non-hydrogen) atoms. The van der Waals surface area contributed by atoms with Gasteiger partial charge in [0.25, 0.3) is 0 Å². The summed E-state index contributed by atoms with van der Waals surface area (Å²) in [7, 11) is 0. The van der Waals surface area contributed by atoms with E-state index in [1.807, 2.05) is 6.07 Å². The lowest BCUT2D eigenvalue weighted by molar-refractivity contribution is 0.147. The Labute approximate surface area is 90.1 Å².